The van der Waals surface area contributed by atoms with Crippen molar-refractivity contribution in [3.63, 3.8) is 0 Å². The van der Waals surface area contributed by atoms with Crippen molar-refractivity contribution in [2.24, 2.45) is 0 Å². The van der Waals surface area contributed by atoms with Crippen LogP contribution in [0, 0.1) is 0 Å². The number of unbranched alkanes of at least 4 members (excludes halogenated alkanes) is 5. The molecule has 0 bridgehead atoms. The summed E-state index contributed by atoms with van der Waals surface area (Å²) in [6, 6.07) is 8.15. The SMILES string of the molecule is O=C(O)CCCCCCCCOc1ccc(-c2csc(N3CCOCC3)n2)cc1. The Morgan fingerprint density at radius 2 is 1.76 bits per heavy atom. The Labute approximate surface area is 176 Å². The van der Waals surface area contributed by atoms with Crippen molar-refractivity contribution in [1.29, 1.82) is 0 Å². The molecule has 0 saturated carbocycles. The van der Waals surface area contributed by atoms with Gasteiger partial charge in [-0.15, -0.1) is 11.3 Å². The van der Waals surface area contributed by atoms with E-state index < -0.39 is 5.97 Å². The Kier molecular flexibility index (Phi) is 8.77. The van der Waals surface area contributed by atoms with Gasteiger partial charge >= 0.3 is 5.97 Å². The van der Waals surface area contributed by atoms with Gasteiger partial charge in [-0.3, -0.25) is 4.79 Å². The molecule has 0 atom stereocenters. The summed E-state index contributed by atoms with van der Waals surface area (Å²) < 4.78 is 11.2. The lowest BCUT2D eigenvalue weighted by atomic mass is 10.1. The number of carbonyl (C=O) groups is 1. The first-order valence-electron chi connectivity index (χ1n) is 10.5. The van der Waals surface area contributed by atoms with Crippen molar-refractivity contribution in [2.45, 2.75) is 44.9 Å². The Bertz CT molecular complexity index is 742. The molecule has 29 heavy (non-hydrogen) atoms. The van der Waals surface area contributed by atoms with Gasteiger partial charge in [0.25, 0.3) is 0 Å². The number of carboxylic acids is 1. The predicted octanol–water partition coefficient (Wildman–Crippen LogP) is 4.84. The van der Waals surface area contributed by atoms with Gasteiger partial charge in [-0.05, 0) is 37.1 Å². The van der Waals surface area contributed by atoms with E-state index in [0.29, 0.717) is 6.61 Å². The molecule has 2 heterocycles. The number of aromatic nitrogens is 1. The number of anilines is 1. The molecule has 0 spiro atoms. The van der Waals surface area contributed by atoms with Gasteiger partial charge in [-0.25, -0.2) is 4.98 Å². The number of rotatable bonds is 12. The van der Waals surface area contributed by atoms with Crippen LogP contribution in [-0.2, 0) is 9.53 Å². The molecule has 0 amide bonds. The summed E-state index contributed by atoms with van der Waals surface area (Å²) in [5, 5.41) is 11.8. The van der Waals surface area contributed by atoms with Gasteiger partial charge in [0.15, 0.2) is 5.13 Å². The van der Waals surface area contributed by atoms with Crippen LogP contribution in [0.3, 0.4) is 0 Å². The molecule has 1 aliphatic rings. The summed E-state index contributed by atoms with van der Waals surface area (Å²) in [7, 11) is 0. The minimum absolute atomic E-state index is 0.286. The van der Waals surface area contributed by atoms with Crippen LogP contribution < -0.4 is 9.64 Å². The normalized spacial score (nSPS) is 14.1. The minimum Gasteiger partial charge on any atom is -0.494 e. The molecular formula is C22H30N2O4S. The summed E-state index contributed by atoms with van der Waals surface area (Å²) in [6.45, 7) is 4.06. The smallest absolute Gasteiger partial charge is 0.303 e. The van der Waals surface area contributed by atoms with Crippen LogP contribution in [0.15, 0.2) is 29.6 Å². The van der Waals surface area contributed by atoms with E-state index in [-0.39, 0.29) is 6.42 Å². The summed E-state index contributed by atoms with van der Waals surface area (Å²) >= 11 is 1.68. The highest BCUT2D eigenvalue weighted by molar-refractivity contribution is 7.14. The number of benzene rings is 1. The fourth-order valence-corrected chi connectivity index (χ4v) is 4.18. The maximum Gasteiger partial charge on any atom is 0.303 e. The van der Waals surface area contributed by atoms with E-state index in [1.807, 2.05) is 12.1 Å². The fraction of sp³-hybridized carbons (Fsp3) is 0.545. The van der Waals surface area contributed by atoms with Crippen molar-refractivity contribution in [1.82, 2.24) is 4.98 Å². The lowest BCUT2D eigenvalue weighted by Gasteiger charge is -2.26. The number of thiazole rings is 1. The van der Waals surface area contributed by atoms with Crippen molar-refractivity contribution in [3.8, 4) is 17.0 Å². The van der Waals surface area contributed by atoms with Gasteiger partial charge in [0.2, 0.25) is 0 Å². The van der Waals surface area contributed by atoms with Crippen LogP contribution >= 0.6 is 11.3 Å². The molecule has 1 saturated heterocycles. The molecule has 158 valence electrons. The Hall–Kier alpha value is -2.12. The quantitative estimate of drug-likeness (QED) is 0.497. The number of aliphatic carboxylic acids is 1. The van der Waals surface area contributed by atoms with Crippen LogP contribution in [-0.4, -0.2) is 49.0 Å². The van der Waals surface area contributed by atoms with Gasteiger partial charge in [-0.2, -0.15) is 0 Å². The van der Waals surface area contributed by atoms with Crippen LogP contribution in [0.4, 0.5) is 5.13 Å². The highest BCUT2D eigenvalue weighted by Crippen LogP contribution is 2.29. The van der Waals surface area contributed by atoms with E-state index >= 15 is 0 Å². The molecule has 1 aromatic heterocycles. The standard InChI is InChI=1S/C22H30N2O4S/c25-21(26)7-5-3-1-2-4-6-14-28-19-10-8-18(9-11-19)20-17-29-22(23-20)24-12-15-27-16-13-24/h8-11,17H,1-7,12-16H2,(H,25,26). The predicted molar refractivity (Wildman–Crippen MR) is 116 cm³/mol. The molecule has 0 aliphatic carbocycles. The lowest BCUT2D eigenvalue weighted by Crippen LogP contribution is -2.36. The number of hydrogen-bond acceptors (Lipinski definition) is 6. The summed E-state index contributed by atoms with van der Waals surface area (Å²) in [4.78, 5) is 17.5. The van der Waals surface area contributed by atoms with E-state index in [1.165, 1.54) is 0 Å². The van der Waals surface area contributed by atoms with E-state index in [1.54, 1.807) is 11.3 Å². The summed E-state index contributed by atoms with van der Waals surface area (Å²) in [5.74, 6) is 0.190. The molecule has 0 unspecified atom stereocenters. The number of hydrogen-bond donors (Lipinski definition) is 1. The molecule has 7 heteroatoms. The second-order valence-electron chi connectivity index (χ2n) is 7.25. The first-order chi connectivity index (χ1) is 14.2. The number of ether oxygens (including phenoxy) is 2. The number of nitrogens with zero attached hydrogens (tertiary/aromatic N) is 2. The fourth-order valence-electron chi connectivity index (χ4n) is 3.29. The molecular weight excluding hydrogens is 388 g/mol. The largest absolute Gasteiger partial charge is 0.494 e. The average molecular weight is 419 g/mol. The molecule has 0 radical (unpaired) electrons. The van der Waals surface area contributed by atoms with Gasteiger partial charge in [0.1, 0.15) is 5.75 Å². The molecule has 2 aromatic rings. The second-order valence-corrected chi connectivity index (χ2v) is 8.09. The van der Waals surface area contributed by atoms with E-state index in [2.05, 4.69) is 22.4 Å². The molecule has 3 rings (SSSR count). The Morgan fingerprint density at radius 1 is 1.07 bits per heavy atom. The van der Waals surface area contributed by atoms with E-state index in [0.717, 1.165) is 87.0 Å². The third-order valence-corrected chi connectivity index (χ3v) is 5.88. The van der Waals surface area contributed by atoms with E-state index in [4.69, 9.17) is 19.6 Å². The maximum atomic E-state index is 10.5. The molecule has 1 aliphatic heterocycles. The molecule has 1 fully saturated rings. The van der Waals surface area contributed by atoms with Crippen LogP contribution in [0.1, 0.15) is 44.9 Å². The van der Waals surface area contributed by atoms with Gasteiger partial charge < -0.3 is 19.5 Å². The monoisotopic (exact) mass is 418 g/mol. The molecule has 1 N–H and O–H groups in total. The van der Waals surface area contributed by atoms with Crippen LogP contribution in [0.5, 0.6) is 5.75 Å². The van der Waals surface area contributed by atoms with Gasteiger partial charge in [0.05, 0.1) is 25.5 Å². The third kappa shape index (κ3) is 7.33. The van der Waals surface area contributed by atoms with Gasteiger partial charge in [0, 0.05) is 30.5 Å². The first-order valence-corrected chi connectivity index (χ1v) is 11.3. The second kappa shape index (κ2) is 11.8. The highest BCUT2D eigenvalue weighted by Gasteiger charge is 2.15. The molecule has 1 aromatic carbocycles. The topological polar surface area (TPSA) is 71.9 Å². The molecule has 6 nitrogen and oxygen atoms in total. The minimum atomic E-state index is -0.697. The Morgan fingerprint density at radius 3 is 2.48 bits per heavy atom. The lowest BCUT2D eigenvalue weighted by molar-refractivity contribution is -0.137. The van der Waals surface area contributed by atoms with Gasteiger partial charge in [-0.1, -0.05) is 25.7 Å². The van der Waals surface area contributed by atoms with Crippen LogP contribution in [0.25, 0.3) is 11.3 Å². The number of carboxylic acid groups (broad SMARTS) is 1. The van der Waals surface area contributed by atoms with Crippen molar-refractivity contribution < 1.29 is 19.4 Å². The highest BCUT2D eigenvalue weighted by atomic mass is 32.1. The van der Waals surface area contributed by atoms with Crippen molar-refractivity contribution in [2.75, 3.05) is 37.8 Å². The van der Waals surface area contributed by atoms with Crippen LogP contribution in [0.2, 0.25) is 0 Å². The summed E-state index contributed by atoms with van der Waals surface area (Å²) in [5.41, 5.74) is 2.11. The van der Waals surface area contributed by atoms with E-state index in [9.17, 15) is 4.79 Å². The summed E-state index contributed by atoms with van der Waals surface area (Å²) in [6.07, 6.45) is 6.45. The zero-order valence-corrected chi connectivity index (χ0v) is 17.7. The van der Waals surface area contributed by atoms with Crippen molar-refractivity contribution in [3.05, 3.63) is 29.6 Å². The first kappa shape index (κ1) is 21.6. The Balaban J connectivity index is 1.34. The number of morpholine rings is 1. The van der Waals surface area contributed by atoms with Crippen molar-refractivity contribution >= 4 is 22.4 Å². The zero-order valence-electron chi connectivity index (χ0n) is 16.8. The average Bonchev–Trinajstić information content (AvgIpc) is 3.24. The third-order valence-electron chi connectivity index (χ3n) is 4.98. The maximum absolute atomic E-state index is 10.5. The zero-order chi connectivity index (χ0) is 20.3.